The van der Waals surface area contributed by atoms with Gasteiger partial charge in [-0.25, -0.2) is 9.82 Å². The summed E-state index contributed by atoms with van der Waals surface area (Å²) in [7, 11) is 0. The van der Waals surface area contributed by atoms with E-state index in [2.05, 4.69) is 10.5 Å². The molecule has 2 N–H and O–H groups in total. The van der Waals surface area contributed by atoms with Gasteiger partial charge in [-0.1, -0.05) is 0 Å². The van der Waals surface area contributed by atoms with Crippen molar-refractivity contribution in [3.8, 4) is 5.75 Å². The lowest BCUT2D eigenvalue weighted by Gasteiger charge is -2.08. The molecule has 2 aromatic rings. The summed E-state index contributed by atoms with van der Waals surface area (Å²) < 4.78 is 50.5. The van der Waals surface area contributed by atoms with E-state index in [0.717, 1.165) is 30.5 Å². The molecule has 0 spiro atoms. The number of nitrogens with zero attached hydrogens (tertiary/aromatic N) is 1. The Morgan fingerprint density at radius 2 is 1.78 bits per heavy atom. The van der Waals surface area contributed by atoms with Gasteiger partial charge in [-0.15, -0.1) is 0 Å². The Kier molecular flexibility index (Phi) is 4.63. The van der Waals surface area contributed by atoms with E-state index in [0.29, 0.717) is 6.07 Å². The molecule has 0 aliphatic heterocycles. The van der Waals surface area contributed by atoms with Gasteiger partial charge in [0.05, 0.1) is 11.8 Å². The Labute approximate surface area is 128 Å². The molecule has 0 heterocycles. The second-order valence-corrected chi connectivity index (χ2v) is 4.48. The standard InChI is InChI=1S/C15H10F4N2O2/c16-12-4-1-9(2-5-12)14(23)21-20-8-10-7-11(15(17,18)19)3-6-13(10)22/h1-8,22H,(H,21,23)/b20-8+. The van der Waals surface area contributed by atoms with Gasteiger partial charge in [0.15, 0.2) is 0 Å². The fourth-order valence-corrected chi connectivity index (χ4v) is 1.66. The number of phenolic OH excluding ortho intramolecular Hbond substituents is 1. The first kappa shape index (κ1) is 16.5. The summed E-state index contributed by atoms with van der Waals surface area (Å²) in [5.41, 5.74) is 1.02. The van der Waals surface area contributed by atoms with Gasteiger partial charge in [-0.05, 0) is 42.5 Å². The number of carbonyl (C=O) groups excluding carboxylic acids is 1. The molecule has 4 nitrogen and oxygen atoms in total. The molecule has 2 aromatic carbocycles. The number of benzene rings is 2. The van der Waals surface area contributed by atoms with E-state index in [1.54, 1.807) is 0 Å². The van der Waals surface area contributed by atoms with E-state index in [-0.39, 0.29) is 11.1 Å². The van der Waals surface area contributed by atoms with Crippen LogP contribution in [-0.4, -0.2) is 17.2 Å². The van der Waals surface area contributed by atoms with Crippen molar-refractivity contribution in [2.24, 2.45) is 5.10 Å². The molecule has 2 rings (SSSR count). The molecule has 0 fully saturated rings. The molecule has 0 saturated heterocycles. The first-order valence-electron chi connectivity index (χ1n) is 6.26. The summed E-state index contributed by atoms with van der Waals surface area (Å²) in [4.78, 5) is 11.7. The smallest absolute Gasteiger partial charge is 0.416 e. The zero-order valence-electron chi connectivity index (χ0n) is 11.4. The van der Waals surface area contributed by atoms with Crippen LogP contribution in [0.2, 0.25) is 0 Å². The van der Waals surface area contributed by atoms with Gasteiger partial charge in [0.1, 0.15) is 11.6 Å². The van der Waals surface area contributed by atoms with Gasteiger partial charge in [-0.2, -0.15) is 18.3 Å². The van der Waals surface area contributed by atoms with Crippen LogP contribution in [0.4, 0.5) is 17.6 Å². The van der Waals surface area contributed by atoms with Crippen molar-refractivity contribution in [2.75, 3.05) is 0 Å². The Hall–Kier alpha value is -2.90. The number of hydrogen-bond acceptors (Lipinski definition) is 3. The third-order valence-electron chi connectivity index (χ3n) is 2.83. The predicted octanol–water partition coefficient (Wildman–Crippen LogP) is 3.31. The summed E-state index contributed by atoms with van der Waals surface area (Å²) in [5.74, 6) is -1.61. The van der Waals surface area contributed by atoms with Crippen LogP contribution in [0.5, 0.6) is 5.75 Å². The first-order chi connectivity index (χ1) is 10.8. The maximum atomic E-state index is 12.7. The average Bonchev–Trinajstić information content (AvgIpc) is 2.48. The summed E-state index contributed by atoms with van der Waals surface area (Å²) in [6, 6.07) is 6.91. The van der Waals surface area contributed by atoms with Gasteiger partial charge < -0.3 is 5.11 Å². The highest BCUT2D eigenvalue weighted by Gasteiger charge is 2.30. The minimum Gasteiger partial charge on any atom is -0.507 e. The van der Waals surface area contributed by atoms with E-state index in [4.69, 9.17) is 0 Å². The fourth-order valence-electron chi connectivity index (χ4n) is 1.66. The maximum Gasteiger partial charge on any atom is 0.416 e. The Bertz CT molecular complexity index is 740. The first-order valence-corrected chi connectivity index (χ1v) is 6.26. The van der Waals surface area contributed by atoms with E-state index >= 15 is 0 Å². The number of hydrogen-bond donors (Lipinski definition) is 2. The summed E-state index contributed by atoms with van der Waals surface area (Å²) in [5, 5.41) is 13.0. The van der Waals surface area contributed by atoms with Crippen LogP contribution >= 0.6 is 0 Å². The van der Waals surface area contributed by atoms with Crippen LogP contribution in [0.25, 0.3) is 0 Å². The fraction of sp³-hybridized carbons (Fsp3) is 0.0667. The Morgan fingerprint density at radius 1 is 1.13 bits per heavy atom. The topological polar surface area (TPSA) is 61.7 Å². The second-order valence-electron chi connectivity index (χ2n) is 4.48. The van der Waals surface area contributed by atoms with Crippen LogP contribution in [0.1, 0.15) is 21.5 Å². The van der Waals surface area contributed by atoms with Gasteiger partial charge >= 0.3 is 6.18 Å². The molecule has 0 unspecified atom stereocenters. The Morgan fingerprint density at radius 3 is 2.39 bits per heavy atom. The van der Waals surface area contributed by atoms with E-state index in [1.165, 1.54) is 12.1 Å². The summed E-state index contributed by atoms with van der Waals surface area (Å²) in [6.07, 6.45) is -3.68. The molecule has 1 amide bonds. The largest absolute Gasteiger partial charge is 0.507 e. The number of hydrazone groups is 1. The third kappa shape index (κ3) is 4.29. The summed E-state index contributed by atoms with van der Waals surface area (Å²) in [6.45, 7) is 0. The van der Waals surface area contributed by atoms with Gasteiger partial charge in [0.2, 0.25) is 0 Å². The molecule has 0 aromatic heterocycles. The number of aromatic hydroxyl groups is 1. The average molecular weight is 326 g/mol. The molecule has 0 atom stereocenters. The van der Waals surface area contributed by atoms with Crippen LogP contribution in [0, 0.1) is 5.82 Å². The number of amides is 1. The van der Waals surface area contributed by atoms with E-state index in [9.17, 15) is 27.5 Å². The number of halogens is 4. The monoisotopic (exact) mass is 326 g/mol. The SMILES string of the molecule is O=C(N/N=C/c1cc(C(F)(F)F)ccc1O)c1ccc(F)cc1. The van der Waals surface area contributed by atoms with Crippen LogP contribution in [-0.2, 0) is 6.18 Å². The number of alkyl halides is 3. The summed E-state index contributed by atoms with van der Waals surface area (Å²) >= 11 is 0. The molecular weight excluding hydrogens is 316 g/mol. The lowest BCUT2D eigenvalue weighted by Crippen LogP contribution is -2.17. The van der Waals surface area contributed by atoms with Crippen LogP contribution in [0.15, 0.2) is 47.6 Å². The predicted molar refractivity (Wildman–Crippen MR) is 74.6 cm³/mol. The third-order valence-corrected chi connectivity index (χ3v) is 2.83. The van der Waals surface area contributed by atoms with Crippen molar-refractivity contribution in [1.82, 2.24) is 5.43 Å². The maximum absolute atomic E-state index is 12.7. The highest BCUT2D eigenvalue weighted by atomic mass is 19.4. The molecule has 0 radical (unpaired) electrons. The van der Waals surface area contributed by atoms with E-state index < -0.39 is 29.2 Å². The van der Waals surface area contributed by atoms with Crippen molar-refractivity contribution in [1.29, 1.82) is 0 Å². The molecule has 0 aliphatic rings. The van der Waals surface area contributed by atoms with Crippen LogP contribution in [0.3, 0.4) is 0 Å². The van der Waals surface area contributed by atoms with Crippen molar-refractivity contribution >= 4 is 12.1 Å². The lowest BCUT2D eigenvalue weighted by molar-refractivity contribution is -0.137. The zero-order valence-corrected chi connectivity index (χ0v) is 11.4. The van der Waals surface area contributed by atoms with Crippen molar-refractivity contribution in [3.63, 3.8) is 0 Å². The molecule has 0 bridgehead atoms. The minimum atomic E-state index is -4.56. The van der Waals surface area contributed by atoms with Gasteiger partial charge in [-0.3, -0.25) is 4.79 Å². The zero-order chi connectivity index (χ0) is 17.0. The molecular formula is C15H10F4N2O2. The van der Waals surface area contributed by atoms with Crippen LogP contribution < -0.4 is 5.43 Å². The van der Waals surface area contributed by atoms with Gasteiger partial charge in [0.25, 0.3) is 5.91 Å². The number of rotatable bonds is 3. The molecule has 120 valence electrons. The number of carbonyl (C=O) groups is 1. The molecule has 23 heavy (non-hydrogen) atoms. The van der Waals surface area contributed by atoms with Crippen molar-refractivity contribution < 1.29 is 27.5 Å². The molecule has 0 saturated carbocycles. The van der Waals surface area contributed by atoms with Gasteiger partial charge in [0, 0.05) is 11.1 Å². The second kappa shape index (κ2) is 6.47. The highest BCUT2D eigenvalue weighted by Crippen LogP contribution is 2.31. The molecule has 0 aliphatic carbocycles. The highest BCUT2D eigenvalue weighted by molar-refractivity contribution is 5.95. The minimum absolute atomic E-state index is 0.122. The Balaban J connectivity index is 2.11. The number of nitrogens with one attached hydrogen (secondary N) is 1. The molecule has 8 heteroatoms. The van der Waals surface area contributed by atoms with Crippen molar-refractivity contribution in [3.05, 3.63) is 65.0 Å². The quantitative estimate of drug-likeness (QED) is 0.516. The number of phenols is 1. The van der Waals surface area contributed by atoms with E-state index in [1.807, 2.05) is 0 Å². The van der Waals surface area contributed by atoms with Crippen molar-refractivity contribution in [2.45, 2.75) is 6.18 Å². The normalized spacial score (nSPS) is 11.7. The lowest BCUT2D eigenvalue weighted by atomic mass is 10.1.